The van der Waals surface area contributed by atoms with Gasteiger partial charge in [-0.1, -0.05) is 24.3 Å². The van der Waals surface area contributed by atoms with Crippen molar-refractivity contribution in [2.75, 3.05) is 18.6 Å². The zero-order chi connectivity index (χ0) is 21.5. The fourth-order valence-corrected chi connectivity index (χ4v) is 4.75. The fourth-order valence-electron chi connectivity index (χ4n) is 4.75. The average molecular weight is 425 g/mol. The van der Waals surface area contributed by atoms with E-state index < -0.39 is 11.6 Å². The Morgan fingerprint density at radius 3 is 2.45 bits per heavy atom. The quantitative estimate of drug-likeness (QED) is 0.639. The van der Waals surface area contributed by atoms with E-state index >= 15 is 0 Å². The third kappa shape index (κ3) is 3.64. The molecule has 7 heteroatoms. The summed E-state index contributed by atoms with van der Waals surface area (Å²) in [5.74, 6) is -0.794. The summed E-state index contributed by atoms with van der Waals surface area (Å²) in [6.45, 7) is 0.847. The number of ether oxygens (including phenoxy) is 1. The second-order valence-electron chi connectivity index (χ2n) is 8.02. The number of hydrogen-bond donors (Lipinski definition) is 2. The van der Waals surface area contributed by atoms with Crippen LogP contribution in [0, 0.1) is 23.4 Å². The topological polar surface area (TPSA) is 36.5 Å². The first kappa shape index (κ1) is 19.9. The Balaban J connectivity index is 1.53. The van der Waals surface area contributed by atoms with Crippen molar-refractivity contribution < 1.29 is 17.9 Å². The van der Waals surface area contributed by atoms with Gasteiger partial charge in [0.2, 0.25) is 0 Å². The third-order valence-corrected chi connectivity index (χ3v) is 6.13. The molecule has 2 heterocycles. The molecule has 0 bridgehead atoms. The van der Waals surface area contributed by atoms with E-state index in [9.17, 15) is 13.2 Å². The van der Waals surface area contributed by atoms with Crippen LogP contribution >= 0.6 is 0 Å². The molecule has 0 radical (unpaired) electrons. The van der Waals surface area contributed by atoms with E-state index in [2.05, 4.69) is 10.9 Å². The molecule has 0 aliphatic carbocycles. The summed E-state index contributed by atoms with van der Waals surface area (Å²) >= 11 is 0. The van der Waals surface area contributed by atoms with Gasteiger partial charge >= 0.3 is 0 Å². The van der Waals surface area contributed by atoms with Crippen molar-refractivity contribution in [1.29, 1.82) is 0 Å². The zero-order valence-corrected chi connectivity index (χ0v) is 16.9. The van der Waals surface area contributed by atoms with Gasteiger partial charge in [0.05, 0.1) is 24.9 Å². The SMILES string of the molecule is COc1ccc(C2NNC3c4cc(F)cc(F)c4N(Cc4cccc(F)c4)CC23)cc1. The maximum atomic E-state index is 14.9. The smallest absolute Gasteiger partial charge is 0.149 e. The van der Waals surface area contributed by atoms with Crippen LogP contribution < -0.4 is 20.5 Å². The van der Waals surface area contributed by atoms with Gasteiger partial charge in [-0.3, -0.25) is 0 Å². The van der Waals surface area contributed by atoms with Crippen molar-refractivity contribution in [1.82, 2.24) is 10.9 Å². The van der Waals surface area contributed by atoms with E-state index in [-0.39, 0.29) is 23.8 Å². The molecule has 31 heavy (non-hydrogen) atoms. The van der Waals surface area contributed by atoms with Gasteiger partial charge in [-0.05, 0) is 41.5 Å². The normalized spacial score (nSPS) is 22.2. The Bertz CT molecular complexity index is 1110. The summed E-state index contributed by atoms with van der Waals surface area (Å²) in [6.07, 6.45) is 0. The van der Waals surface area contributed by atoms with Crippen molar-refractivity contribution in [3.8, 4) is 5.75 Å². The van der Waals surface area contributed by atoms with Crippen LogP contribution in [0.15, 0.2) is 60.7 Å². The highest BCUT2D eigenvalue weighted by Gasteiger charge is 2.44. The Morgan fingerprint density at radius 1 is 0.935 bits per heavy atom. The zero-order valence-electron chi connectivity index (χ0n) is 16.9. The molecule has 4 nitrogen and oxygen atoms in total. The largest absolute Gasteiger partial charge is 0.497 e. The van der Waals surface area contributed by atoms with Gasteiger partial charge in [-0.2, -0.15) is 0 Å². The Labute approximate surface area is 178 Å². The van der Waals surface area contributed by atoms with Gasteiger partial charge in [0.25, 0.3) is 0 Å². The summed E-state index contributed by atoms with van der Waals surface area (Å²) in [4.78, 5) is 1.88. The van der Waals surface area contributed by atoms with Crippen molar-refractivity contribution in [2.45, 2.75) is 18.6 Å². The van der Waals surface area contributed by atoms with E-state index in [1.807, 2.05) is 35.2 Å². The number of anilines is 1. The molecule has 3 aromatic rings. The minimum absolute atomic E-state index is 0.00986. The first-order valence-corrected chi connectivity index (χ1v) is 10.2. The van der Waals surface area contributed by atoms with Crippen LogP contribution in [0.3, 0.4) is 0 Å². The van der Waals surface area contributed by atoms with E-state index in [0.717, 1.165) is 22.9 Å². The van der Waals surface area contributed by atoms with Crippen molar-refractivity contribution in [3.05, 3.63) is 94.8 Å². The van der Waals surface area contributed by atoms with Crippen molar-refractivity contribution >= 4 is 5.69 Å². The van der Waals surface area contributed by atoms with Crippen molar-refractivity contribution in [3.63, 3.8) is 0 Å². The van der Waals surface area contributed by atoms with Crippen LogP contribution in [0.4, 0.5) is 18.9 Å². The van der Waals surface area contributed by atoms with E-state index in [1.165, 1.54) is 18.2 Å². The first-order valence-electron chi connectivity index (χ1n) is 10.2. The molecule has 3 atom stereocenters. The van der Waals surface area contributed by atoms with E-state index in [0.29, 0.717) is 24.3 Å². The molecule has 3 aromatic carbocycles. The second kappa shape index (κ2) is 7.90. The standard InChI is InChI=1S/C24H22F3N3O/c1-31-18-7-5-15(6-8-18)22-20-13-30(12-14-3-2-4-16(25)9-14)24-19(23(20)29-28-22)10-17(26)11-21(24)27/h2-11,20,22-23,28-29H,12-13H2,1H3. The fraction of sp³-hybridized carbons (Fsp3) is 0.250. The maximum absolute atomic E-state index is 14.9. The summed E-state index contributed by atoms with van der Waals surface area (Å²) in [5, 5.41) is 0. The molecule has 3 unspecified atom stereocenters. The molecule has 2 aliphatic heterocycles. The van der Waals surface area contributed by atoms with Gasteiger partial charge < -0.3 is 9.64 Å². The molecule has 1 fully saturated rings. The van der Waals surface area contributed by atoms with Gasteiger partial charge in [-0.15, -0.1) is 0 Å². The minimum atomic E-state index is -0.614. The van der Waals surface area contributed by atoms with Gasteiger partial charge in [0, 0.05) is 30.6 Å². The first-order chi connectivity index (χ1) is 15.0. The van der Waals surface area contributed by atoms with E-state index in [1.54, 1.807) is 13.2 Å². The number of nitrogens with zero attached hydrogens (tertiary/aromatic N) is 1. The highest BCUT2D eigenvalue weighted by Crippen LogP contribution is 2.46. The molecule has 0 amide bonds. The predicted molar refractivity (Wildman–Crippen MR) is 112 cm³/mol. The van der Waals surface area contributed by atoms with Crippen LogP contribution in [0.25, 0.3) is 0 Å². The highest BCUT2D eigenvalue weighted by atomic mass is 19.1. The summed E-state index contributed by atoms with van der Waals surface area (Å²) < 4.78 is 48.0. The molecule has 0 saturated carbocycles. The Hall–Kier alpha value is -3.03. The number of hydrazine groups is 1. The lowest BCUT2D eigenvalue weighted by Crippen LogP contribution is -2.39. The maximum Gasteiger partial charge on any atom is 0.149 e. The predicted octanol–water partition coefficient (Wildman–Crippen LogP) is 4.64. The van der Waals surface area contributed by atoms with Crippen LogP contribution in [0.5, 0.6) is 5.75 Å². The molecule has 2 N–H and O–H groups in total. The summed E-state index contributed by atoms with van der Waals surface area (Å²) in [7, 11) is 1.62. The van der Waals surface area contributed by atoms with Gasteiger partial charge in [-0.25, -0.2) is 24.0 Å². The number of nitrogens with one attached hydrogen (secondary N) is 2. The number of rotatable bonds is 4. The Morgan fingerprint density at radius 2 is 1.71 bits per heavy atom. The minimum Gasteiger partial charge on any atom is -0.497 e. The number of hydrogen-bond acceptors (Lipinski definition) is 4. The molecule has 2 aliphatic rings. The molecule has 0 spiro atoms. The second-order valence-corrected chi connectivity index (χ2v) is 8.02. The average Bonchev–Trinajstić information content (AvgIpc) is 3.17. The highest BCUT2D eigenvalue weighted by molar-refractivity contribution is 5.60. The van der Waals surface area contributed by atoms with Crippen molar-refractivity contribution in [2.24, 2.45) is 5.92 Å². The molecule has 160 valence electrons. The Kier molecular flexibility index (Phi) is 5.08. The third-order valence-electron chi connectivity index (χ3n) is 6.13. The summed E-state index contributed by atoms with van der Waals surface area (Å²) in [6, 6.07) is 16.0. The van der Waals surface area contributed by atoms with E-state index in [4.69, 9.17) is 4.74 Å². The summed E-state index contributed by atoms with van der Waals surface area (Å²) in [5.41, 5.74) is 9.24. The molecular weight excluding hydrogens is 403 g/mol. The lowest BCUT2D eigenvalue weighted by atomic mass is 9.81. The van der Waals surface area contributed by atoms with Crippen LogP contribution in [-0.4, -0.2) is 13.7 Å². The number of halogens is 3. The lowest BCUT2D eigenvalue weighted by molar-refractivity contribution is 0.393. The number of fused-ring (bicyclic) bond motifs is 3. The van der Waals surface area contributed by atoms with Gasteiger partial charge in [0.1, 0.15) is 23.2 Å². The van der Waals surface area contributed by atoms with Gasteiger partial charge in [0.15, 0.2) is 0 Å². The number of benzene rings is 3. The van der Waals surface area contributed by atoms with Crippen LogP contribution in [0.2, 0.25) is 0 Å². The lowest BCUT2D eigenvalue weighted by Gasteiger charge is -2.39. The number of methoxy groups -OCH3 is 1. The molecular formula is C24H22F3N3O. The molecule has 5 rings (SSSR count). The monoisotopic (exact) mass is 425 g/mol. The molecule has 0 aromatic heterocycles. The van der Waals surface area contributed by atoms with Crippen LogP contribution in [0.1, 0.15) is 28.8 Å². The van der Waals surface area contributed by atoms with Crippen LogP contribution in [-0.2, 0) is 6.54 Å². The molecule has 1 saturated heterocycles.